The zero-order valence-corrected chi connectivity index (χ0v) is 14.1. The van der Waals surface area contributed by atoms with E-state index in [0.717, 1.165) is 25.3 Å². The maximum atomic E-state index is 12.9. The van der Waals surface area contributed by atoms with Crippen molar-refractivity contribution in [3.63, 3.8) is 0 Å². The molecule has 0 spiro atoms. The zero-order chi connectivity index (χ0) is 18.8. The minimum absolute atomic E-state index is 0.133. The smallest absolute Gasteiger partial charge is 0.419 e. The summed E-state index contributed by atoms with van der Waals surface area (Å²) in [4.78, 5) is 23.4. The van der Waals surface area contributed by atoms with Gasteiger partial charge in [-0.2, -0.15) is 13.2 Å². The molecule has 0 heterocycles. The lowest BCUT2D eigenvalue weighted by Crippen LogP contribution is -2.47. The highest BCUT2D eigenvalue weighted by molar-refractivity contribution is 5.78. The second kappa shape index (κ2) is 6.70. The molecule has 1 N–H and O–H groups in total. The van der Waals surface area contributed by atoms with Crippen LogP contribution in [0.1, 0.15) is 38.8 Å². The Labute approximate surface area is 138 Å². The number of carbonyl (C=O) groups is 2. The van der Waals surface area contributed by atoms with Crippen LogP contribution in [0.3, 0.4) is 0 Å². The van der Waals surface area contributed by atoms with Crippen LogP contribution < -0.4 is 10.1 Å². The van der Waals surface area contributed by atoms with Crippen LogP contribution in [0.5, 0.6) is 5.75 Å². The fourth-order valence-electron chi connectivity index (χ4n) is 1.93. The van der Waals surface area contributed by atoms with Crippen LogP contribution in [0.2, 0.25) is 0 Å². The molecule has 24 heavy (non-hydrogen) atoms. The summed E-state index contributed by atoms with van der Waals surface area (Å²) in [6, 6.07) is 2.97. The van der Waals surface area contributed by atoms with E-state index in [4.69, 9.17) is 9.47 Å². The molecule has 1 unspecified atom stereocenters. The molecule has 1 aromatic carbocycles. The Kier molecular flexibility index (Phi) is 5.53. The molecular weight excluding hydrogens is 327 g/mol. The van der Waals surface area contributed by atoms with Crippen LogP contribution in [0.15, 0.2) is 18.2 Å². The highest BCUT2D eigenvalue weighted by atomic mass is 19.4. The first-order chi connectivity index (χ1) is 10.8. The van der Waals surface area contributed by atoms with Crippen molar-refractivity contribution in [3.05, 3.63) is 29.3 Å². The van der Waals surface area contributed by atoms with E-state index in [1.54, 1.807) is 20.8 Å². The summed E-state index contributed by atoms with van der Waals surface area (Å²) in [5.41, 5.74) is -3.20. The summed E-state index contributed by atoms with van der Waals surface area (Å²) in [7, 11) is 1.09. The SMILES string of the molecule is COc1cc(C(C)(C=O)NC(=O)OC(C)(C)C)ccc1C(F)(F)F. The van der Waals surface area contributed by atoms with E-state index in [1.165, 1.54) is 6.92 Å². The number of halogens is 3. The third-order valence-corrected chi connectivity index (χ3v) is 3.10. The minimum Gasteiger partial charge on any atom is -0.496 e. The van der Waals surface area contributed by atoms with Crippen molar-refractivity contribution in [2.24, 2.45) is 0 Å². The van der Waals surface area contributed by atoms with Gasteiger partial charge in [-0.3, -0.25) is 0 Å². The molecule has 134 valence electrons. The zero-order valence-electron chi connectivity index (χ0n) is 14.1. The number of carbonyl (C=O) groups excluding carboxylic acids is 2. The molecule has 0 aliphatic carbocycles. The molecule has 1 aromatic rings. The molecule has 1 atom stereocenters. The Bertz CT molecular complexity index is 623. The van der Waals surface area contributed by atoms with Gasteiger partial charge in [-0.15, -0.1) is 0 Å². The Morgan fingerprint density at radius 1 is 1.17 bits per heavy atom. The van der Waals surface area contributed by atoms with Crippen molar-refractivity contribution in [1.82, 2.24) is 5.32 Å². The van der Waals surface area contributed by atoms with Crippen molar-refractivity contribution >= 4 is 12.4 Å². The number of amides is 1. The number of hydrogen-bond donors (Lipinski definition) is 1. The van der Waals surface area contributed by atoms with E-state index in [-0.39, 0.29) is 5.56 Å². The van der Waals surface area contributed by atoms with Gasteiger partial charge in [0.15, 0.2) is 0 Å². The normalized spacial score (nSPS) is 14.5. The van der Waals surface area contributed by atoms with Crippen LogP contribution in [0.25, 0.3) is 0 Å². The Morgan fingerprint density at radius 2 is 1.75 bits per heavy atom. The van der Waals surface area contributed by atoms with Gasteiger partial charge in [0.05, 0.1) is 12.7 Å². The van der Waals surface area contributed by atoms with Gasteiger partial charge >= 0.3 is 12.3 Å². The number of aldehydes is 1. The van der Waals surface area contributed by atoms with Crippen LogP contribution in [0, 0.1) is 0 Å². The first-order valence-electron chi connectivity index (χ1n) is 7.05. The van der Waals surface area contributed by atoms with E-state index < -0.39 is 34.7 Å². The molecule has 0 saturated heterocycles. The summed E-state index contributed by atoms with van der Waals surface area (Å²) in [6.45, 7) is 6.29. The van der Waals surface area contributed by atoms with Gasteiger partial charge in [-0.05, 0) is 45.4 Å². The number of benzene rings is 1. The maximum absolute atomic E-state index is 12.9. The lowest BCUT2D eigenvalue weighted by molar-refractivity contribution is -0.138. The second-order valence-corrected chi connectivity index (χ2v) is 6.36. The van der Waals surface area contributed by atoms with E-state index in [0.29, 0.717) is 6.29 Å². The second-order valence-electron chi connectivity index (χ2n) is 6.36. The van der Waals surface area contributed by atoms with E-state index in [2.05, 4.69) is 5.32 Å². The highest BCUT2D eigenvalue weighted by Crippen LogP contribution is 2.38. The largest absolute Gasteiger partial charge is 0.496 e. The minimum atomic E-state index is -4.60. The number of methoxy groups -OCH3 is 1. The summed E-state index contributed by atoms with van der Waals surface area (Å²) in [5, 5.41) is 2.36. The standard InChI is InChI=1S/C16H20F3NO4/c1-14(2,3)24-13(22)20-15(4,9-21)10-6-7-11(16(17,18)19)12(8-10)23-5/h6-9H,1-5H3,(H,20,22). The topological polar surface area (TPSA) is 64.6 Å². The quantitative estimate of drug-likeness (QED) is 0.845. The van der Waals surface area contributed by atoms with E-state index in [1.807, 2.05) is 0 Å². The third-order valence-electron chi connectivity index (χ3n) is 3.10. The van der Waals surface area contributed by atoms with Gasteiger partial charge in [0.2, 0.25) is 0 Å². The Morgan fingerprint density at radius 3 is 2.17 bits per heavy atom. The Hall–Kier alpha value is -2.25. The average molecular weight is 347 g/mol. The number of ether oxygens (including phenoxy) is 2. The van der Waals surface area contributed by atoms with Gasteiger partial charge in [0.1, 0.15) is 23.2 Å². The summed E-state index contributed by atoms with van der Waals surface area (Å²) in [5.74, 6) is -0.445. The van der Waals surface area contributed by atoms with E-state index >= 15 is 0 Å². The molecule has 1 amide bonds. The van der Waals surface area contributed by atoms with Crippen LogP contribution >= 0.6 is 0 Å². The molecule has 8 heteroatoms. The van der Waals surface area contributed by atoms with Crippen molar-refractivity contribution < 1.29 is 32.2 Å². The molecule has 0 bridgehead atoms. The first-order valence-corrected chi connectivity index (χ1v) is 7.05. The van der Waals surface area contributed by atoms with Gasteiger partial charge < -0.3 is 19.6 Å². The highest BCUT2D eigenvalue weighted by Gasteiger charge is 2.37. The predicted molar refractivity (Wildman–Crippen MR) is 80.8 cm³/mol. The van der Waals surface area contributed by atoms with Crippen molar-refractivity contribution in [3.8, 4) is 5.75 Å². The summed E-state index contributed by atoms with van der Waals surface area (Å²) < 4.78 is 48.5. The number of alkyl carbamates (subject to hydrolysis) is 1. The predicted octanol–water partition coefficient (Wildman–Crippen LogP) is 3.65. The maximum Gasteiger partial charge on any atom is 0.419 e. The lowest BCUT2D eigenvalue weighted by atomic mass is 9.92. The fourth-order valence-corrected chi connectivity index (χ4v) is 1.93. The first kappa shape index (κ1) is 19.8. The molecule has 0 aromatic heterocycles. The molecule has 5 nitrogen and oxygen atoms in total. The fraction of sp³-hybridized carbons (Fsp3) is 0.500. The van der Waals surface area contributed by atoms with Gasteiger partial charge in [-0.25, -0.2) is 4.79 Å². The Balaban J connectivity index is 3.20. The monoisotopic (exact) mass is 347 g/mol. The number of hydrogen-bond acceptors (Lipinski definition) is 4. The molecule has 0 fully saturated rings. The molecule has 1 rings (SSSR count). The van der Waals surface area contributed by atoms with Gasteiger partial charge in [0, 0.05) is 0 Å². The third kappa shape index (κ3) is 4.87. The molecule has 0 radical (unpaired) electrons. The van der Waals surface area contributed by atoms with Crippen LogP contribution in [0.4, 0.5) is 18.0 Å². The molecule has 0 aliphatic heterocycles. The van der Waals surface area contributed by atoms with Gasteiger partial charge in [-0.1, -0.05) is 6.07 Å². The van der Waals surface area contributed by atoms with Crippen molar-refractivity contribution in [1.29, 1.82) is 0 Å². The number of rotatable bonds is 4. The number of nitrogens with one attached hydrogen (secondary N) is 1. The van der Waals surface area contributed by atoms with Crippen molar-refractivity contribution in [2.45, 2.75) is 45.0 Å². The summed E-state index contributed by atoms with van der Waals surface area (Å²) in [6.07, 6.45) is -5.05. The van der Waals surface area contributed by atoms with E-state index in [9.17, 15) is 22.8 Å². The average Bonchev–Trinajstić information content (AvgIpc) is 2.43. The molecule has 0 saturated carbocycles. The molecule has 0 aliphatic rings. The van der Waals surface area contributed by atoms with Crippen molar-refractivity contribution in [2.75, 3.05) is 7.11 Å². The summed E-state index contributed by atoms with van der Waals surface area (Å²) >= 11 is 0. The number of alkyl halides is 3. The molecular formula is C16H20F3NO4. The van der Waals surface area contributed by atoms with Crippen LogP contribution in [-0.4, -0.2) is 25.1 Å². The van der Waals surface area contributed by atoms with Gasteiger partial charge in [0.25, 0.3) is 0 Å². The van der Waals surface area contributed by atoms with Crippen LogP contribution in [-0.2, 0) is 21.2 Å². The lowest BCUT2D eigenvalue weighted by Gasteiger charge is -2.28.